The molecule has 5 heteroatoms. The number of hydrogen-bond acceptors (Lipinski definition) is 4. The summed E-state index contributed by atoms with van der Waals surface area (Å²) in [6.07, 6.45) is 1.59. The Labute approximate surface area is 159 Å². The number of aromatic nitrogens is 2. The molecule has 0 aliphatic rings. The van der Waals surface area contributed by atoms with Crippen LogP contribution >= 0.6 is 0 Å². The van der Waals surface area contributed by atoms with Gasteiger partial charge in [-0.05, 0) is 56.0 Å². The van der Waals surface area contributed by atoms with Gasteiger partial charge in [0.15, 0.2) is 0 Å². The summed E-state index contributed by atoms with van der Waals surface area (Å²) in [4.78, 5) is 21.1. The zero-order valence-corrected chi connectivity index (χ0v) is 16.1. The Morgan fingerprint density at radius 2 is 1.67 bits per heavy atom. The maximum atomic E-state index is 12.5. The summed E-state index contributed by atoms with van der Waals surface area (Å²) in [5.74, 6) is 0.189. The average Bonchev–Trinajstić information content (AvgIpc) is 2.64. The van der Waals surface area contributed by atoms with Gasteiger partial charge in [0.05, 0.1) is 0 Å². The fourth-order valence-corrected chi connectivity index (χ4v) is 3.11. The van der Waals surface area contributed by atoms with Crippen molar-refractivity contribution in [2.24, 2.45) is 0 Å². The van der Waals surface area contributed by atoms with Crippen LogP contribution in [0.15, 0.2) is 48.7 Å². The van der Waals surface area contributed by atoms with Crippen LogP contribution in [-0.2, 0) is 6.54 Å². The molecule has 1 aromatic heterocycles. The number of carbonyl (C=O) groups is 1. The monoisotopic (exact) mass is 360 g/mol. The van der Waals surface area contributed by atoms with Crippen LogP contribution in [0.25, 0.3) is 0 Å². The average molecular weight is 360 g/mol. The van der Waals surface area contributed by atoms with Crippen molar-refractivity contribution in [3.8, 4) is 0 Å². The molecular formula is C22H24N4O. The molecule has 3 rings (SSSR count). The molecule has 1 amide bonds. The first-order valence-corrected chi connectivity index (χ1v) is 8.94. The van der Waals surface area contributed by atoms with Crippen molar-refractivity contribution in [2.75, 3.05) is 5.32 Å². The Kier molecular flexibility index (Phi) is 5.50. The van der Waals surface area contributed by atoms with Crippen molar-refractivity contribution in [1.82, 2.24) is 15.3 Å². The molecule has 5 nitrogen and oxygen atoms in total. The second-order valence-corrected chi connectivity index (χ2v) is 6.77. The molecule has 2 N–H and O–H groups in total. The number of carbonyl (C=O) groups excluding carboxylic acids is 1. The Balaban J connectivity index is 1.74. The van der Waals surface area contributed by atoms with Crippen molar-refractivity contribution in [3.63, 3.8) is 0 Å². The van der Waals surface area contributed by atoms with E-state index in [4.69, 9.17) is 0 Å². The zero-order chi connectivity index (χ0) is 19.4. The Hall–Kier alpha value is -3.21. The lowest BCUT2D eigenvalue weighted by atomic mass is 10.1. The first-order valence-electron chi connectivity index (χ1n) is 8.94. The van der Waals surface area contributed by atoms with E-state index < -0.39 is 0 Å². The molecule has 138 valence electrons. The quantitative estimate of drug-likeness (QED) is 0.708. The highest BCUT2D eigenvalue weighted by Crippen LogP contribution is 2.24. The lowest BCUT2D eigenvalue weighted by Gasteiger charge is -2.13. The smallest absolute Gasteiger partial charge is 0.270 e. The molecule has 0 atom stereocenters. The number of rotatable bonds is 5. The molecule has 1 heterocycles. The highest BCUT2D eigenvalue weighted by molar-refractivity contribution is 5.92. The van der Waals surface area contributed by atoms with E-state index in [1.165, 1.54) is 5.56 Å². The third-order valence-electron chi connectivity index (χ3n) is 4.50. The molecule has 0 fully saturated rings. The lowest BCUT2D eigenvalue weighted by molar-refractivity contribution is 0.0946. The van der Waals surface area contributed by atoms with Gasteiger partial charge in [0.25, 0.3) is 5.91 Å². The van der Waals surface area contributed by atoms with Crippen molar-refractivity contribution >= 4 is 17.5 Å². The van der Waals surface area contributed by atoms with Gasteiger partial charge < -0.3 is 10.6 Å². The fraction of sp³-hybridized carbons (Fsp3) is 0.227. The van der Waals surface area contributed by atoms with Gasteiger partial charge in [0.2, 0.25) is 5.95 Å². The number of aryl methyl sites for hydroxylation is 4. The van der Waals surface area contributed by atoms with Gasteiger partial charge in [-0.2, -0.15) is 0 Å². The SMILES string of the molecule is Cc1cc(C)c(Nc2nccc(C(=O)NCc3ccccc3C)n2)c(C)c1. The first-order chi connectivity index (χ1) is 12.9. The number of anilines is 2. The van der Waals surface area contributed by atoms with E-state index in [-0.39, 0.29) is 5.91 Å². The maximum absolute atomic E-state index is 12.5. The van der Waals surface area contributed by atoms with Gasteiger partial charge in [-0.15, -0.1) is 0 Å². The minimum atomic E-state index is -0.221. The van der Waals surface area contributed by atoms with Crippen LogP contribution in [0.1, 0.15) is 38.3 Å². The summed E-state index contributed by atoms with van der Waals surface area (Å²) in [6.45, 7) is 8.65. The number of hydrogen-bond donors (Lipinski definition) is 2. The van der Waals surface area contributed by atoms with E-state index in [1.54, 1.807) is 12.3 Å². The largest absolute Gasteiger partial charge is 0.347 e. The van der Waals surface area contributed by atoms with E-state index in [9.17, 15) is 4.79 Å². The third-order valence-corrected chi connectivity index (χ3v) is 4.50. The molecule has 2 aromatic carbocycles. The Morgan fingerprint density at radius 3 is 2.37 bits per heavy atom. The topological polar surface area (TPSA) is 66.9 Å². The molecule has 0 unspecified atom stereocenters. The van der Waals surface area contributed by atoms with Gasteiger partial charge >= 0.3 is 0 Å². The molecule has 0 bridgehead atoms. The van der Waals surface area contributed by atoms with Crippen LogP contribution in [-0.4, -0.2) is 15.9 Å². The highest BCUT2D eigenvalue weighted by Gasteiger charge is 2.11. The number of benzene rings is 2. The predicted octanol–water partition coefficient (Wildman–Crippen LogP) is 4.38. The van der Waals surface area contributed by atoms with Gasteiger partial charge in [0, 0.05) is 18.4 Å². The van der Waals surface area contributed by atoms with Crippen molar-refractivity contribution in [1.29, 1.82) is 0 Å². The Bertz CT molecular complexity index is 959. The summed E-state index contributed by atoms with van der Waals surface area (Å²) in [5, 5.41) is 6.16. The summed E-state index contributed by atoms with van der Waals surface area (Å²) in [5.41, 5.74) is 6.98. The molecule has 0 aliphatic heterocycles. The van der Waals surface area contributed by atoms with E-state index in [0.29, 0.717) is 18.2 Å². The van der Waals surface area contributed by atoms with E-state index in [0.717, 1.165) is 27.9 Å². The second kappa shape index (κ2) is 7.99. The van der Waals surface area contributed by atoms with Crippen LogP contribution in [0.5, 0.6) is 0 Å². The standard InChI is InChI=1S/C22H24N4O/c1-14-11-16(3)20(17(4)12-14)26-22-23-10-9-19(25-22)21(27)24-13-18-8-6-5-7-15(18)2/h5-12H,13H2,1-4H3,(H,24,27)(H,23,25,26). The van der Waals surface area contributed by atoms with Crippen LogP contribution in [0.2, 0.25) is 0 Å². The normalized spacial score (nSPS) is 10.5. The van der Waals surface area contributed by atoms with Crippen LogP contribution in [0, 0.1) is 27.7 Å². The van der Waals surface area contributed by atoms with E-state index >= 15 is 0 Å². The minimum absolute atomic E-state index is 0.221. The van der Waals surface area contributed by atoms with Gasteiger partial charge in [-0.25, -0.2) is 9.97 Å². The van der Waals surface area contributed by atoms with Crippen molar-refractivity contribution in [3.05, 3.63) is 82.2 Å². The fourth-order valence-electron chi connectivity index (χ4n) is 3.11. The minimum Gasteiger partial charge on any atom is -0.347 e. The number of nitrogens with one attached hydrogen (secondary N) is 2. The molecule has 0 spiro atoms. The van der Waals surface area contributed by atoms with Gasteiger partial charge in [-0.1, -0.05) is 42.0 Å². The molecule has 3 aromatic rings. The second-order valence-electron chi connectivity index (χ2n) is 6.77. The molecular weight excluding hydrogens is 336 g/mol. The van der Waals surface area contributed by atoms with Crippen LogP contribution in [0.3, 0.4) is 0 Å². The molecule has 0 saturated carbocycles. The summed E-state index contributed by atoms with van der Waals surface area (Å²) in [7, 11) is 0. The lowest BCUT2D eigenvalue weighted by Crippen LogP contribution is -2.24. The molecule has 27 heavy (non-hydrogen) atoms. The number of nitrogens with zero attached hydrogens (tertiary/aromatic N) is 2. The van der Waals surface area contributed by atoms with Crippen molar-refractivity contribution in [2.45, 2.75) is 34.2 Å². The van der Waals surface area contributed by atoms with Gasteiger partial charge in [0.1, 0.15) is 5.69 Å². The first kappa shape index (κ1) is 18.6. The van der Waals surface area contributed by atoms with Crippen molar-refractivity contribution < 1.29 is 4.79 Å². The maximum Gasteiger partial charge on any atom is 0.270 e. The van der Waals surface area contributed by atoms with Gasteiger partial charge in [-0.3, -0.25) is 4.79 Å². The van der Waals surface area contributed by atoms with E-state index in [2.05, 4.69) is 39.7 Å². The summed E-state index contributed by atoms with van der Waals surface area (Å²) in [6, 6.07) is 13.8. The third kappa shape index (κ3) is 4.50. The molecule has 0 saturated heterocycles. The summed E-state index contributed by atoms with van der Waals surface area (Å²) >= 11 is 0. The highest BCUT2D eigenvalue weighted by atomic mass is 16.1. The van der Waals surface area contributed by atoms with Crippen LogP contribution < -0.4 is 10.6 Å². The van der Waals surface area contributed by atoms with E-state index in [1.807, 2.05) is 45.0 Å². The summed E-state index contributed by atoms with van der Waals surface area (Å²) < 4.78 is 0. The Morgan fingerprint density at radius 1 is 0.963 bits per heavy atom. The number of amides is 1. The van der Waals surface area contributed by atoms with Crippen LogP contribution in [0.4, 0.5) is 11.6 Å². The molecule has 0 radical (unpaired) electrons. The molecule has 0 aliphatic carbocycles. The predicted molar refractivity (Wildman–Crippen MR) is 108 cm³/mol. The zero-order valence-electron chi connectivity index (χ0n) is 16.1.